The van der Waals surface area contributed by atoms with E-state index >= 15 is 0 Å². The molecule has 0 fully saturated rings. The Bertz CT molecular complexity index is 1180. The highest BCUT2D eigenvalue weighted by atomic mass is 79.9. The van der Waals surface area contributed by atoms with Crippen LogP contribution in [0.1, 0.15) is 50.1 Å². The van der Waals surface area contributed by atoms with Gasteiger partial charge in [0.05, 0.1) is 5.92 Å². The maximum atomic E-state index is 13.6. The zero-order valence-electron chi connectivity index (χ0n) is 16.9. The first-order valence-corrected chi connectivity index (χ1v) is 11.7. The molecular weight excluding hydrogens is 538 g/mol. The number of hydrogen-bond donors (Lipinski definition) is 0. The minimum Gasteiger partial charge on any atom is -0.294 e. The van der Waals surface area contributed by atoms with Crippen molar-refractivity contribution in [3.05, 3.63) is 114 Å². The van der Waals surface area contributed by atoms with Gasteiger partial charge >= 0.3 is 0 Å². The monoisotopic (exact) mass is 555 g/mol. The number of nitro groups is 1. The van der Waals surface area contributed by atoms with Gasteiger partial charge in [-0.25, -0.2) is 0 Å². The van der Waals surface area contributed by atoms with Crippen molar-refractivity contribution in [1.29, 1.82) is 0 Å². The molecule has 0 saturated carbocycles. The molecule has 0 bridgehead atoms. The lowest BCUT2D eigenvalue weighted by atomic mass is 9.78. The molecule has 0 heterocycles. The third kappa shape index (κ3) is 4.59. The van der Waals surface area contributed by atoms with E-state index in [9.17, 15) is 19.7 Å². The third-order valence-corrected chi connectivity index (χ3v) is 7.07. The van der Waals surface area contributed by atoms with Crippen molar-refractivity contribution < 1.29 is 14.5 Å². The van der Waals surface area contributed by atoms with Crippen molar-refractivity contribution in [2.45, 2.75) is 18.3 Å². The van der Waals surface area contributed by atoms with E-state index in [1.165, 1.54) is 0 Å². The van der Waals surface area contributed by atoms with Crippen molar-refractivity contribution in [3.8, 4) is 0 Å². The molecule has 0 aromatic heterocycles. The fourth-order valence-corrected chi connectivity index (χ4v) is 5.12. The van der Waals surface area contributed by atoms with E-state index < -0.39 is 17.8 Å². The first-order chi connectivity index (χ1) is 15.3. The molecule has 3 atom stereocenters. The Hall–Kier alpha value is -2.64. The molecule has 0 radical (unpaired) electrons. The molecule has 162 valence electrons. The van der Waals surface area contributed by atoms with Crippen LogP contribution in [0.15, 0.2) is 81.7 Å². The zero-order valence-corrected chi connectivity index (χ0v) is 20.1. The summed E-state index contributed by atoms with van der Waals surface area (Å²) in [5, 5.41) is 11.5. The van der Waals surface area contributed by atoms with Crippen LogP contribution in [0.4, 0.5) is 0 Å². The van der Waals surface area contributed by atoms with Gasteiger partial charge in [-0.3, -0.25) is 19.7 Å². The Balaban J connectivity index is 1.75. The molecule has 3 aromatic rings. The molecule has 4 rings (SSSR count). The maximum Gasteiger partial charge on any atom is 0.211 e. The van der Waals surface area contributed by atoms with Gasteiger partial charge in [-0.2, -0.15) is 0 Å². The van der Waals surface area contributed by atoms with Crippen LogP contribution in [0.3, 0.4) is 0 Å². The first-order valence-electron chi connectivity index (χ1n) is 10.1. The molecule has 3 aromatic carbocycles. The van der Waals surface area contributed by atoms with Crippen LogP contribution < -0.4 is 0 Å². The number of Topliss-reactive ketones (excluding diaryl/α,β-unsaturated/α-hetero) is 2. The van der Waals surface area contributed by atoms with Crippen LogP contribution in [0.25, 0.3) is 0 Å². The molecule has 0 saturated heterocycles. The van der Waals surface area contributed by atoms with Gasteiger partial charge in [-0.15, -0.1) is 0 Å². The maximum absolute atomic E-state index is 13.6. The van der Waals surface area contributed by atoms with E-state index in [4.69, 9.17) is 0 Å². The van der Waals surface area contributed by atoms with E-state index in [0.717, 1.165) is 20.1 Å². The van der Waals surface area contributed by atoms with Crippen LogP contribution in [0, 0.1) is 16.0 Å². The van der Waals surface area contributed by atoms with Gasteiger partial charge < -0.3 is 0 Å². The Morgan fingerprint density at radius 1 is 0.781 bits per heavy atom. The average molecular weight is 557 g/mol. The van der Waals surface area contributed by atoms with Crippen molar-refractivity contribution in [2.75, 3.05) is 6.54 Å². The summed E-state index contributed by atoms with van der Waals surface area (Å²) in [5.74, 6) is -1.95. The molecule has 0 spiro atoms. The van der Waals surface area contributed by atoms with Crippen LogP contribution in [-0.4, -0.2) is 23.0 Å². The fourth-order valence-electron chi connectivity index (χ4n) is 4.59. The van der Waals surface area contributed by atoms with Crippen molar-refractivity contribution in [2.24, 2.45) is 5.92 Å². The molecule has 0 amide bonds. The molecule has 32 heavy (non-hydrogen) atoms. The minimum atomic E-state index is -0.682. The summed E-state index contributed by atoms with van der Waals surface area (Å²) in [6, 6.07) is 21.5. The molecule has 0 aliphatic heterocycles. The van der Waals surface area contributed by atoms with Gasteiger partial charge in [0.15, 0.2) is 11.6 Å². The zero-order chi connectivity index (χ0) is 22.8. The highest BCUT2D eigenvalue weighted by molar-refractivity contribution is 9.10. The number of carbonyl (C=O) groups excluding carboxylic acids is 2. The van der Waals surface area contributed by atoms with Crippen molar-refractivity contribution >= 4 is 43.4 Å². The van der Waals surface area contributed by atoms with E-state index in [-0.39, 0.29) is 29.5 Å². The lowest BCUT2D eigenvalue weighted by Crippen LogP contribution is -2.28. The summed E-state index contributed by atoms with van der Waals surface area (Å²) in [4.78, 5) is 37.9. The number of halogens is 2. The van der Waals surface area contributed by atoms with E-state index in [1.807, 2.05) is 24.3 Å². The van der Waals surface area contributed by atoms with Crippen molar-refractivity contribution in [3.63, 3.8) is 0 Å². The van der Waals surface area contributed by atoms with Gasteiger partial charge in [-0.1, -0.05) is 80.4 Å². The normalized spacial score (nSPS) is 19.4. The van der Waals surface area contributed by atoms with Gasteiger partial charge in [0.2, 0.25) is 6.54 Å². The van der Waals surface area contributed by atoms with Gasteiger partial charge in [0, 0.05) is 43.3 Å². The quantitative estimate of drug-likeness (QED) is 0.190. The predicted molar refractivity (Wildman–Crippen MR) is 129 cm³/mol. The van der Waals surface area contributed by atoms with E-state index in [1.54, 1.807) is 48.5 Å². The summed E-state index contributed by atoms with van der Waals surface area (Å²) in [6.45, 7) is -0.354. The average Bonchev–Trinajstić information content (AvgIpc) is 3.07. The standard InChI is InChI=1S/C25H19Br2NO4/c26-17-9-5-15(6-10-17)23(29)13-21-19-3-1-2-4-20(19)22(14-28(31)32)24(21)25(30)16-7-11-18(27)12-8-16/h1-12,21-22,24H,13-14H2/t21-,22+,24+/m0/s1. The topological polar surface area (TPSA) is 77.3 Å². The predicted octanol–water partition coefficient (Wildman–Crippen LogP) is 6.44. The number of hydrogen-bond acceptors (Lipinski definition) is 4. The van der Waals surface area contributed by atoms with E-state index in [0.29, 0.717) is 11.1 Å². The summed E-state index contributed by atoms with van der Waals surface area (Å²) < 4.78 is 1.71. The van der Waals surface area contributed by atoms with Crippen LogP contribution >= 0.6 is 31.9 Å². The fraction of sp³-hybridized carbons (Fsp3) is 0.200. The lowest BCUT2D eigenvalue weighted by molar-refractivity contribution is -0.484. The van der Waals surface area contributed by atoms with Gasteiger partial charge in [-0.05, 0) is 35.4 Å². The summed E-state index contributed by atoms with van der Waals surface area (Å²) in [6.07, 6.45) is 0.111. The highest BCUT2D eigenvalue weighted by Gasteiger charge is 2.47. The Morgan fingerprint density at radius 2 is 1.28 bits per heavy atom. The number of rotatable bonds is 7. The SMILES string of the molecule is O=C(C[C@H]1c2ccccc2[C@@H](C[N+](=O)[O-])[C@@H]1C(=O)c1ccc(Br)cc1)c1ccc(Br)cc1. The molecule has 1 aliphatic rings. The summed E-state index contributed by atoms with van der Waals surface area (Å²) in [7, 11) is 0. The van der Waals surface area contributed by atoms with Crippen LogP contribution in [-0.2, 0) is 0 Å². The lowest BCUT2D eigenvalue weighted by Gasteiger charge is -2.22. The summed E-state index contributed by atoms with van der Waals surface area (Å²) in [5.41, 5.74) is 2.67. The first kappa shape index (κ1) is 22.6. The van der Waals surface area contributed by atoms with Crippen molar-refractivity contribution in [1.82, 2.24) is 0 Å². The molecule has 5 nitrogen and oxygen atoms in total. The highest BCUT2D eigenvalue weighted by Crippen LogP contribution is 2.50. The van der Waals surface area contributed by atoms with Gasteiger partial charge in [0.1, 0.15) is 0 Å². The van der Waals surface area contributed by atoms with Crippen LogP contribution in [0.2, 0.25) is 0 Å². The second-order valence-corrected chi connectivity index (χ2v) is 9.72. The summed E-state index contributed by atoms with van der Waals surface area (Å²) >= 11 is 6.74. The number of ketones is 2. The largest absolute Gasteiger partial charge is 0.294 e. The number of fused-ring (bicyclic) bond motifs is 1. The Morgan fingerprint density at radius 3 is 1.81 bits per heavy atom. The second kappa shape index (κ2) is 9.46. The third-order valence-electron chi connectivity index (χ3n) is 6.01. The van der Waals surface area contributed by atoms with Crippen LogP contribution in [0.5, 0.6) is 0 Å². The molecule has 0 N–H and O–H groups in total. The smallest absolute Gasteiger partial charge is 0.211 e. The molecular formula is C25H19Br2NO4. The molecule has 7 heteroatoms. The molecule has 0 unspecified atom stereocenters. The second-order valence-electron chi connectivity index (χ2n) is 7.89. The minimum absolute atomic E-state index is 0.0901. The Labute approximate surface area is 202 Å². The number of benzene rings is 3. The number of carbonyl (C=O) groups is 2. The number of nitrogens with zero attached hydrogens (tertiary/aromatic N) is 1. The van der Waals surface area contributed by atoms with E-state index in [2.05, 4.69) is 31.9 Å². The molecule has 1 aliphatic carbocycles. The van der Waals surface area contributed by atoms with Gasteiger partial charge in [0.25, 0.3) is 0 Å². The Kier molecular flexibility index (Phi) is 6.67.